The lowest BCUT2D eigenvalue weighted by Crippen LogP contribution is -1.87. The highest BCUT2D eigenvalue weighted by Crippen LogP contribution is 2.32. The van der Waals surface area contributed by atoms with E-state index in [1.165, 1.54) is 17.2 Å². The molecule has 0 saturated heterocycles. The Morgan fingerprint density at radius 3 is 2.69 bits per heavy atom. The maximum atomic E-state index is 13.2. The fourth-order valence-corrected chi connectivity index (χ4v) is 2.21. The van der Waals surface area contributed by atoms with Gasteiger partial charge in [0.1, 0.15) is 5.82 Å². The van der Waals surface area contributed by atoms with Crippen molar-refractivity contribution in [1.82, 2.24) is 0 Å². The van der Waals surface area contributed by atoms with Crippen molar-refractivity contribution in [1.29, 1.82) is 0 Å². The Labute approximate surface area is 94.1 Å². The van der Waals surface area contributed by atoms with Crippen LogP contribution in [0.1, 0.15) is 16.7 Å². The highest BCUT2D eigenvalue weighted by molar-refractivity contribution is 5.84. The third kappa shape index (κ3) is 1.45. The van der Waals surface area contributed by atoms with Crippen molar-refractivity contribution >= 4 is 5.57 Å². The van der Waals surface area contributed by atoms with Crippen LogP contribution in [0.4, 0.5) is 4.39 Å². The summed E-state index contributed by atoms with van der Waals surface area (Å²) in [4.78, 5) is 0. The Bertz CT molecular complexity index is 567. The quantitative estimate of drug-likeness (QED) is 0.671. The molecule has 0 radical (unpaired) electrons. The Kier molecular flexibility index (Phi) is 2.10. The van der Waals surface area contributed by atoms with Crippen LogP contribution in [0.2, 0.25) is 0 Å². The molecule has 1 heteroatoms. The molecule has 0 bridgehead atoms. The normalized spacial score (nSPS) is 13.4. The molecule has 0 fully saturated rings. The van der Waals surface area contributed by atoms with E-state index in [9.17, 15) is 4.39 Å². The zero-order valence-electron chi connectivity index (χ0n) is 8.78. The molecule has 2 aromatic rings. The van der Waals surface area contributed by atoms with Gasteiger partial charge in [0.15, 0.2) is 0 Å². The van der Waals surface area contributed by atoms with E-state index < -0.39 is 0 Å². The predicted molar refractivity (Wildman–Crippen MR) is 63.6 cm³/mol. The van der Waals surface area contributed by atoms with Gasteiger partial charge in [-0.1, -0.05) is 42.5 Å². The molecule has 0 amide bonds. The van der Waals surface area contributed by atoms with Crippen LogP contribution >= 0.6 is 0 Å². The van der Waals surface area contributed by atoms with Crippen LogP contribution in [0.5, 0.6) is 0 Å². The SMILES string of the molecule is Fc1cccc(C2=CCc3ccccc32)c1. The van der Waals surface area contributed by atoms with Gasteiger partial charge in [0.05, 0.1) is 0 Å². The van der Waals surface area contributed by atoms with Crippen molar-refractivity contribution in [3.8, 4) is 0 Å². The van der Waals surface area contributed by atoms with Crippen LogP contribution in [0.25, 0.3) is 5.57 Å². The topological polar surface area (TPSA) is 0 Å². The van der Waals surface area contributed by atoms with Gasteiger partial charge in [-0.05, 0) is 40.8 Å². The van der Waals surface area contributed by atoms with Crippen molar-refractivity contribution in [3.63, 3.8) is 0 Å². The van der Waals surface area contributed by atoms with Crippen molar-refractivity contribution < 1.29 is 4.39 Å². The summed E-state index contributed by atoms with van der Waals surface area (Å²) in [6.45, 7) is 0. The minimum Gasteiger partial charge on any atom is -0.207 e. The second kappa shape index (κ2) is 3.60. The van der Waals surface area contributed by atoms with Crippen LogP contribution in [0, 0.1) is 5.82 Å². The maximum Gasteiger partial charge on any atom is 0.123 e. The summed E-state index contributed by atoms with van der Waals surface area (Å²) in [6.07, 6.45) is 3.11. The number of hydrogen-bond acceptors (Lipinski definition) is 0. The Hall–Kier alpha value is -1.89. The first kappa shape index (κ1) is 9.34. The van der Waals surface area contributed by atoms with E-state index in [0.29, 0.717) is 0 Å². The fourth-order valence-electron chi connectivity index (χ4n) is 2.21. The van der Waals surface area contributed by atoms with E-state index in [1.807, 2.05) is 18.2 Å². The first-order valence-electron chi connectivity index (χ1n) is 5.39. The molecule has 16 heavy (non-hydrogen) atoms. The second-order valence-corrected chi connectivity index (χ2v) is 3.99. The van der Waals surface area contributed by atoms with E-state index >= 15 is 0 Å². The number of halogens is 1. The van der Waals surface area contributed by atoms with E-state index in [1.54, 1.807) is 12.1 Å². The molecule has 0 N–H and O–H groups in total. The molecule has 0 nitrogen and oxygen atoms in total. The third-order valence-corrected chi connectivity index (χ3v) is 2.97. The summed E-state index contributed by atoms with van der Waals surface area (Å²) in [6, 6.07) is 15.1. The maximum absolute atomic E-state index is 13.2. The number of hydrogen-bond donors (Lipinski definition) is 0. The summed E-state index contributed by atoms with van der Waals surface area (Å²) in [5.41, 5.74) is 4.66. The van der Waals surface area contributed by atoms with E-state index in [2.05, 4.69) is 18.2 Å². The van der Waals surface area contributed by atoms with Crippen LogP contribution in [0.3, 0.4) is 0 Å². The molecule has 0 aromatic heterocycles. The van der Waals surface area contributed by atoms with Crippen LogP contribution in [0.15, 0.2) is 54.6 Å². The standard InChI is InChI=1S/C15H11F/c16-13-6-3-5-12(10-13)15-9-8-11-4-1-2-7-14(11)15/h1-7,9-10H,8H2. The molecule has 0 unspecified atom stereocenters. The van der Waals surface area contributed by atoms with Crippen LogP contribution in [-0.2, 0) is 6.42 Å². The fraction of sp³-hybridized carbons (Fsp3) is 0.0667. The van der Waals surface area contributed by atoms with Gasteiger partial charge in [0, 0.05) is 0 Å². The lowest BCUT2D eigenvalue weighted by Gasteiger charge is -2.05. The molecule has 0 atom stereocenters. The number of fused-ring (bicyclic) bond motifs is 1. The summed E-state index contributed by atoms with van der Waals surface area (Å²) in [5.74, 6) is -0.178. The molecule has 78 valence electrons. The monoisotopic (exact) mass is 210 g/mol. The van der Waals surface area contributed by atoms with Gasteiger partial charge in [-0.2, -0.15) is 0 Å². The van der Waals surface area contributed by atoms with Gasteiger partial charge >= 0.3 is 0 Å². The van der Waals surface area contributed by atoms with Crippen molar-refractivity contribution in [2.45, 2.75) is 6.42 Å². The minimum absolute atomic E-state index is 0.178. The number of rotatable bonds is 1. The molecule has 0 saturated carbocycles. The summed E-state index contributed by atoms with van der Waals surface area (Å²) in [5, 5.41) is 0. The molecule has 0 aliphatic heterocycles. The molecular formula is C15H11F. The Morgan fingerprint density at radius 1 is 0.938 bits per heavy atom. The number of allylic oxidation sites excluding steroid dienone is 1. The predicted octanol–water partition coefficient (Wildman–Crippen LogP) is 3.81. The molecule has 0 heterocycles. The molecular weight excluding hydrogens is 199 g/mol. The Morgan fingerprint density at radius 2 is 1.81 bits per heavy atom. The minimum atomic E-state index is -0.178. The van der Waals surface area contributed by atoms with Crippen molar-refractivity contribution in [2.75, 3.05) is 0 Å². The first-order chi connectivity index (χ1) is 7.84. The Balaban J connectivity index is 2.11. The largest absolute Gasteiger partial charge is 0.207 e. The highest BCUT2D eigenvalue weighted by atomic mass is 19.1. The zero-order chi connectivity index (χ0) is 11.0. The van der Waals surface area contributed by atoms with Crippen LogP contribution in [-0.4, -0.2) is 0 Å². The van der Waals surface area contributed by atoms with Gasteiger partial charge in [-0.15, -0.1) is 0 Å². The number of benzene rings is 2. The average molecular weight is 210 g/mol. The van der Waals surface area contributed by atoms with E-state index in [0.717, 1.165) is 17.6 Å². The summed E-state index contributed by atoms with van der Waals surface area (Å²) >= 11 is 0. The highest BCUT2D eigenvalue weighted by Gasteiger charge is 2.14. The van der Waals surface area contributed by atoms with Gasteiger partial charge in [-0.3, -0.25) is 0 Å². The van der Waals surface area contributed by atoms with Gasteiger partial charge in [0.2, 0.25) is 0 Å². The molecule has 3 rings (SSSR count). The molecule has 1 aliphatic rings. The van der Waals surface area contributed by atoms with Crippen molar-refractivity contribution in [3.05, 3.63) is 77.1 Å². The zero-order valence-corrected chi connectivity index (χ0v) is 8.78. The average Bonchev–Trinajstić information content (AvgIpc) is 2.72. The van der Waals surface area contributed by atoms with E-state index in [4.69, 9.17) is 0 Å². The lowest BCUT2D eigenvalue weighted by atomic mass is 9.99. The summed E-state index contributed by atoms with van der Waals surface area (Å²) < 4.78 is 13.2. The van der Waals surface area contributed by atoms with Gasteiger partial charge in [0.25, 0.3) is 0 Å². The summed E-state index contributed by atoms with van der Waals surface area (Å²) in [7, 11) is 0. The smallest absolute Gasteiger partial charge is 0.123 e. The van der Waals surface area contributed by atoms with Crippen molar-refractivity contribution in [2.24, 2.45) is 0 Å². The molecule has 1 aliphatic carbocycles. The lowest BCUT2D eigenvalue weighted by molar-refractivity contribution is 0.627. The third-order valence-electron chi connectivity index (χ3n) is 2.97. The molecule has 2 aromatic carbocycles. The second-order valence-electron chi connectivity index (χ2n) is 3.99. The molecule has 0 spiro atoms. The van der Waals surface area contributed by atoms with Gasteiger partial charge < -0.3 is 0 Å². The van der Waals surface area contributed by atoms with Gasteiger partial charge in [-0.25, -0.2) is 4.39 Å². The van der Waals surface area contributed by atoms with Crippen LogP contribution < -0.4 is 0 Å². The first-order valence-corrected chi connectivity index (χ1v) is 5.39. The van der Waals surface area contributed by atoms with E-state index in [-0.39, 0.29) is 5.82 Å².